The van der Waals surface area contributed by atoms with Gasteiger partial charge in [0.2, 0.25) is 0 Å². The summed E-state index contributed by atoms with van der Waals surface area (Å²) in [5, 5.41) is 12.8. The van der Waals surface area contributed by atoms with Gasteiger partial charge >= 0.3 is 0 Å². The van der Waals surface area contributed by atoms with Crippen molar-refractivity contribution in [2.75, 3.05) is 19.7 Å². The first-order valence-corrected chi connectivity index (χ1v) is 5.85. The minimum absolute atomic E-state index is 0.205. The van der Waals surface area contributed by atoms with Gasteiger partial charge in [0.1, 0.15) is 24.3 Å². The zero-order valence-corrected chi connectivity index (χ0v) is 10.3. The third-order valence-corrected chi connectivity index (χ3v) is 2.19. The van der Waals surface area contributed by atoms with Crippen molar-refractivity contribution in [2.24, 2.45) is 5.92 Å². The average Bonchev–Trinajstić information content (AvgIpc) is 2.28. The van der Waals surface area contributed by atoms with Gasteiger partial charge in [0, 0.05) is 6.54 Å². The fraction of sp³-hybridized carbons (Fsp3) is 0.538. The number of hydrogen-bond acceptors (Lipinski definition) is 3. The third kappa shape index (κ3) is 6.24. The van der Waals surface area contributed by atoms with Crippen molar-refractivity contribution in [2.45, 2.75) is 20.0 Å². The highest BCUT2D eigenvalue weighted by Crippen LogP contribution is 2.11. The van der Waals surface area contributed by atoms with Crippen LogP contribution in [-0.4, -0.2) is 30.9 Å². The summed E-state index contributed by atoms with van der Waals surface area (Å²) in [7, 11) is 0. The van der Waals surface area contributed by atoms with Crippen LogP contribution in [0.2, 0.25) is 0 Å². The van der Waals surface area contributed by atoms with Crippen molar-refractivity contribution in [3.05, 3.63) is 30.1 Å². The normalized spacial score (nSPS) is 12.8. The predicted octanol–water partition coefficient (Wildman–Crippen LogP) is 1.81. The molecular weight excluding hydrogens is 221 g/mol. The molecule has 0 amide bonds. The summed E-state index contributed by atoms with van der Waals surface area (Å²) in [6.45, 7) is 5.78. The molecule has 0 radical (unpaired) electrons. The summed E-state index contributed by atoms with van der Waals surface area (Å²) in [6, 6.07) is 5.75. The van der Waals surface area contributed by atoms with Crippen LogP contribution in [0.5, 0.6) is 5.75 Å². The SMILES string of the molecule is CC(C)CNCC(O)COc1ccc(F)cc1. The number of hydrogen-bond donors (Lipinski definition) is 2. The van der Waals surface area contributed by atoms with Crippen LogP contribution in [0, 0.1) is 11.7 Å². The summed E-state index contributed by atoms with van der Waals surface area (Å²) in [5.41, 5.74) is 0. The maximum atomic E-state index is 12.6. The summed E-state index contributed by atoms with van der Waals surface area (Å²) in [4.78, 5) is 0. The van der Waals surface area contributed by atoms with Crippen LogP contribution < -0.4 is 10.1 Å². The van der Waals surface area contributed by atoms with Crippen molar-refractivity contribution in [3.8, 4) is 5.75 Å². The van der Waals surface area contributed by atoms with Crippen LogP contribution in [-0.2, 0) is 0 Å². The first kappa shape index (κ1) is 13.9. The molecule has 4 heteroatoms. The number of aliphatic hydroxyl groups is 1. The summed E-state index contributed by atoms with van der Waals surface area (Å²) < 4.78 is 17.9. The second kappa shape index (κ2) is 7.25. The van der Waals surface area contributed by atoms with E-state index in [0.29, 0.717) is 18.2 Å². The Morgan fingerprint density at radius 2 is 1.88 bits per heavy atom. The van der Waals surface area contributed by atoms with Gasteiger partial charge in [-0.25, -0.2) is 4.39 Å². The van der Waals surface area contributed by atoms with Crippen molar-refractivity contribution in [1.29, 1.82) is 0 Å². The van der Waals surface area contributed by atoms with Gasteiger partial charge < -0.3 is 15.2 Å². The predicted molar refractivity (Wildman–Crippen MR) is 65.6 cm³/mol. The van der Waals surface area contributed by atoms with E-state index in [2.05, 4.69) is 19.2 Å². The smallest absolute Gasteiger partial charge is 0.123 e. The maximum absolute atomic E-state index is 12.6. The van der Waals surface area contributed by atoms with Crippen molar-refractivity contribution >= 4 is 0 Å². The average molecular weight is 241 g/mol. The Bertz CT molecular complexity index is 314. The van der Waals surface area contributed by atoms with Gasteiger partial charge in [-0.3, -0.25) is 0 Å². The lowest BCUT2D eigenvalue weighted by molar-refractivity contribution is 0.106. The van der Waals surface area contributed by atoms with Crippen LogP contribution in [0.3, 0.4) is 0 Å². The van der Waals surface area contributed by atoms with Crippen molar-refractivity contribution in [3.63, 3.8) is 0 Å². The zero-order valence-electron chi connectivity index (χ0n) is 10.3. The second-order valence-corrected chi connectivity index (χ2v) is 4.47. The van der Waals surface area contributed by atoms with Gasteiger partial charge in [-0.1, -0.05) is 13.8 Å². The van der Waals surface area contributed by atoms with Gasteiger partial charge in [0.05, 0.1) is 0 Å². The lowest BCUT2D eigenvalue weighted by Crippen LogP contribution is -2.33. The molecule has 0 heterocycles. The molecule has 2 N–H and O–H groups in total. The molecule has 0 saturated carbocycles. The first-order valence-electron chi connectivity index (χ1n) is 5.85. The number of rotatable bonds is 7. The molecule has 0 fully saturated rings. The van der Waals surface area contributed by atoms with E-state index in [1.807, 2.05) is 0 Å². The van der Waals surface area contributed by atoms with E-state index in [0.717, 1.165) is 6.54 Å². The molecule has 0 aliphatic carbocycles. The lowest BCUT2D eigenvalue weighted by Gasteiger charge is -2.14. The van der Waals surface area contributed by atoms with Crippen LogP contribution in [0.15, 0.2) is 24.3 Å². The van der Waals surface area contributed by atoms with E-state index in [9.17, 15) is 9.50 Å². The van der Waals surface area contributed by atoms with E-state index in [4.69, 9.17) is 4.74 Å². The number of nitrogens with one attached hydrogen (secondary N) is 1. The van der Waals surface area contributed by atoms with Crippen LogP contribution in [0.1, 0.15) is 13.8 Å². The fourth-order valence-corrected chi connectivity index (χ4v) is 1.32. The van der Waals surface area contributed by atoms with Crippen LogP contribution in [0.25, 0.3) is 0 Å². The second-order valence-electron chi connectivity index (χ2n) is 4.47. The minimum Gasteiger partial charge on any atom is -0.491 e. The van der Waals surface area contributed by atoms with E-state index in [1.165, 1.54) is 12.1 Å². The Balaban J connectivity index is 2.19. The fourth-order valence-electron chi connectivity index (χ4n) is 1.32. The van der Waals surface area contributed by atoms with E-state index in [1.54, 1.807) is 12.1 Å². The van der Waals surface area contributed by atoms with Crippen LogP contribution in [0.4, 0.5) is 4.39 Å². The number of ether oxygens (including phenoxy) is 1. The quantitative estimate of drug-likeness (QED) is 0.765. The molecule has 1 unspecified atom stereocenters. The van der Waals surface area contributed by atoms with Gasteiger partial charge in [-0.05, 0) is 36.7 Å². The molecule has 1 atom stereocenters. The highest BCUT2D eigenvalue weighted by atomic mass is 19.1. The topological polar surface area (TPSA) is 41.5 Å². The Hall–Kier alpha value is -1.13. The highest BCUT2D eigenvalue weighted by Gasteiger charge is 2.05. The minimum atomic E-state index is -0.557. The summed E-state index contributed by atoms with van der Waals surface area (Å²) in [6.07, 6.45) is -0.557. The van der Waals surface area contributed by atoms with Gasteiger partial charge in [0.25, 0.3) is 0 Å². The van der Waals surface area contributed by atoms with Gasteiger partial charge in [-0.15, -0.1) is 0 Å². The van der Waals surface area contributed by atoms with E-state index in [-0.39, 0.29) is 12.4 Å². The molecule has 1 rings (SSSR count). The van der Waals surface area contributed by atoms with Gasteiger partial charge in [-0.2, -0.15) is 0 Å². The number of halogens is 1. The molecule has 0 spiro atoms. The zero-order chi connectivity index (χ0) is 12.7. The first-order chi connectivity index (χ1) is 8.08. The summed E-state index contributed by atoms with van der Waals surface area (Å²) >= 11 is 0. The molecule has 0 aromatic heterocycles. The number of aliphatic hydroxyl groups excluding tert-OH is 1. The Kier molecular flexibility index (Phi) is 5.94. The molecule has 0 bridgehead atoms. The number of benzene rings is 1. The summed E-state index contributed by atoms with van der Waals surface area (Å²) in [5.74, 6) is 0.825. The van der Waals surface area contributed by atoms with Gasteiger partial charge in [0.15, 0.2) is 0 Å². The Morgan fingerprint density at radius 3 is 2.47 bits per heavy atom. The Labute approximate surface area is 102 Å². The molecule has 1 aromatic rings. The molecule has 0 aliphatic heterocycles. The lowest BCUT2D eigenvalue weighted by atomic mass is 10.2. The largest absolute Gasteiger partial charge is 0.491 e. The van der Waals surface area contributed by atoms with E-state index < -0.39 is 6.10 Å². The molecule has 96 valence electrons. The van der Waals surface area contributed by atoms with Crippen molar-refractivity contribution < 1.29 is 14.2 Å². The monoisotopic (exact) mass is 241 g/mol. The molecule has 3 nitrogen and oxygen atoms in total. The van der Waals surface area contributed by atoms with Crippen LogP contribution >= 0.6 is 0 Å². The van der Waals surface area contributed by atoms with E-state index >= 15 is 0 Å². The third-order valence-electron chi connectivity index (χ3n) is 2.19. The molecule has 17 heavy (non-hydrogen) atoms. The Morgan fingerprint density at radius 1 is 1.24 bits per heavy atom. The standard InChI is InChI=1S/C13H20FNO2/c1-10(2)7-15-8-12(16)9-17-13-5-3-11(14)4-6-13/h3-6,10,12,15-16H,7-9H2,1-2H3. The molecule has 0 aliphatic rings. The highest BCUT2D eigenvalue weighted by molar-refractivity contribution is 5.22. The maximum Gasteiger partial charge on any atom is 0.123 e. The molecular formula is C13H20FNO2. The van der Waals surface area contributed by atoms with Crippen molar-refractivity contribution in [1.82, 2.24) is 5.32 Å². The molecule has 0 saturated heterocycles. The molecule has 1 aromatic carbocycles.